The van der Waals surface area contributed by atoms with Crippen LogP contribution in [0.15, 0.2) is 145 Å². The number of ether oxygens (including phenoxy) is 1. The first-order valence-corrected chi connectivity index (χ1v) is 19.4. The molecule has 0 spiro atoms. The van der Waals surface area contributed by atoms with E-state index in [4.69, 9.17) is 16.3 Å². The second kappa shape index (κ2) is 14.4. The Kier molecular flexibility index (Phi) is 9.22. The number of aliphatic hydroxyl groups is 1. The molecule has 10 heteroatoms. The summed E-state index contributed by atoms with van der Waals surface area (Å²) in [6.45, 7) is -0.244. The van der Waals surface area contributed by atoms with Crippen LogP contribution in [0.25, 0.3) is 0 Å². The quantitative estimate of drug-likeness (QED) is 0.0947. The number of amides is 4. The van der Waals surface area contributed by atoms with Crippen molar-refractivity contribution in [1.82, 2.24) is 0 Å². The average molecular weight is 777 g/mol. The highest BCUT2D eigenvalue weighted by atomic mass is 35.5. The molecule has 1 N–H and O–H groups in total. The predicted molar refractivity (Wildman–Crippen MR) is 214 cm³/mol. The zero-order chi connectivity index (χ0) is 39.4. The Morgan fingerprint density at radius 1 is 0.719 bits per heavy atom. The van der Waals surface area contributed by atoms with Crippen LogP contribution in [0.3, 0.4) is 0 Å². The van der Waals surface area contributed by atoms with E-state index in [1.807, 2.05) is 60.7 Å². The van der Waals surface area contributed by atoms with Crippen LogP contribution in [0.1, 0.15) is 45.8 Å². The van der Waals surface area contributed by atoms with Gasteiger partial charge < -0.3 is 9.84 Å². The lowest BCUT2D eigenvalue weighted by Gasteiger charge is -2.51. The smallest absolute Gasteiger partial charge is 0.246 e. The first-order valence-electron chi connectivity index (χ1n) is 19.0. The van der Waals surface area contributed by atoms with Crippen molar-refractivity contribution in [3.63, 3.8) is 0 Å². The molecule has 3 fully saturated rings. The van der Waals surface area contributed by atoms with Crippen molar-refractivity contribution in [1.29, 1.82) is 0 Å². The van der Waals surface area contributed by atoms with E-state index in [1.54, 1.807) is 78.9 Å². The Morgan fingerprint density at radius 3 is 2.12 bits per heavy atom. The third-order valence-corrected chi connectivity index (χ3v) is 12.4. The average Bonchev–Trinajstić information content (AvgIpc) is 3.64. The highest BCUT2D eigenvalue weighted by Gasteiger charge is 2.70. The summed E-state index contributed by atoms with van der Waals surface area (Å²) < 4.78 is 6.13. The maximum atomic E-state index is 15.5. The molecule has 6 atom stereocenters. The van der Waals surface area contributed by atoms with Gasteiger partial charge >= 0.3 is 0 Å². The number of anilines is 2. The summed E-state index contributed by atoms with van der Waals surface area (Å²) in [5, 5.41) is 10.1. The summed E-state index contributed by atoms with van der Waals surface area (Å²) in [4.78, 5) is 75.3. The van der Waals surface area contributed by atoms with E-state index in [0.29, 0.717) is 44.4 Å². The van der Waals surface area contributed by atoms with E-state index in [-0.39, 0.29) is 43.7 Å². The molecule has 2 aliphatic carbocycles. The normalized spacial score (nSPS) is 25.2. The summed E-state index contributed by atoms with van der Waals surface area (Å²) in [6, 6.07) is 38.6. The number of allylic oxidation sites excluding steroid dienone is 2. The van der Waals surface area contributed by atoms with E-state index in [1.165, 1.54) is 9.80 Å². The van der Waals surface area contributed by atoms with Gasteiger partial charge in [-0.1, -0.05) is 108 Å². The lowest BCUT2D eigenvalue weighted by Crippen LogP contribution is -2.53. The van der Waals surface area contributed by atoms with Crippen molar-refractivity contribution in [2.24, 2.45) is 23.7 Å². The second-order valence-corrected chi connectivity index (χ2v) is 15.4. The zero-order valence-corrected chi connectivity index (χ0v) is 31.4. The fourth-order valence-corrected chi connectivity index (χ4v) is 10.1. The van der Waals surface area contributed by atoms with E-state index >= 15 is 9.59 Å². The van der Waals surface area contributed by atoms with Crippen molar-refractivity contribution < 1.29 is 33.8 Å². The third kappa shape index (κ3) is 5.67. The Bertz CT molecular complexity index is 2470. The minimum Gasteiger partial charge on any atom is -0.491 e. The van der Waals surface area contributed by atoms with Crippen LogP contribution < -0.4 is 14.5 Å². The molecule has 0 aromatic heterocycles. The third-order valence-electron chi connectivity index (χ3n) is 12.2. The summed E-state index contributed by atoms with van der Waals surface area (Å²) in [7, 11) is 0. The number of hydrogen-bond donors (Lipinski definition) is 1. The minimum absolute atomic E-state index is 0.00211. The van der Waals surface area contributed by atoms with Crippen LogP contribution in [-0.4, -0.2) is 47.7 Å². The topological polar surface area (TPSA) is 121 Å². The van der Waals surface area contributed by atoms with Crippen LogP contribution >= 0.6 is 11.6 Å². The number of imide groups is 2. The summed E-state index contributed by atoms with van der Waals surface area (Å²) in [6.07, 6.45) is 2.38. The van der Waals surface area contributed by atoms with Gasteiger partial charge in [-0.05, 0) is 72.9 Å². The maximum Gasteiger partial charge on any atom is 0.246 e. The molecule has 4 amide bonds. The maximum absolute atomic E-state index is 15.5. The molecule has 1 saturated carbocycles. The number of carbonyl (C=O) groups excluding carboxylic acids is 5. The van der Waals surface area contributed by atoms with E-state index in [9.17, 15) is 19.5 Å². The monoisotopic (exact) mass is 776 g/mol. The molecule has 57 heavy (non-hydrogen) atoms. The first-order chi connectivity index (χ1) is 27.7. The van der Waals surface area contributed by atoms with E-state index in [0.717, 1.165) is 5.57 Å². The number of carbonyl (C=O) groups is 5. The Morgan fingerprint density at radius 2 is 1.40 bits per heavy atom. The molecule has 5 aromatic rings. The van der Waals surface area contributed by atoms with Gasteiger partial charge in [0.2, 0.25) is 23.6 Å². The molecule has 9 nitrogen and oxygen atoms in total. The number of benzene rings is 5. The highest BCUT2D eigenvalue weighted by Crippen LogP contribution is 2.65. The summed E-state index contributed by atoms with van der Waals surface area (Å²) >= 11 is 6.44. The Hall–Kier alpha value is -6.16. The second-order valence-electron chi connectivity index (χ2n) is 15.0. The number of halogens is 1. The number of hydrogen-bond acceptors (Lipinski definition) is 7. The summed E-state index contributed by atoms with van der Waals surface area (Å²) in [5.74, 6) is -5.13. The number of ketones is 1. The predicted octanol–water partition coefficient (Wildman–Crippen LogP) is 7.31. The molecule has 5 aromatic carbocycles. The van der Waals surface area contributed by atoms with Crippen LogP contribution in [0.5, 0.6) is 5.75 Å². The van der Waals surface area contributed by atoms with E-state index in [2.05, 4.69) is 0 Å². The molecule has 0 radical (unpaired) electrons. The van der Waals surface area contributed by atoms with Gasteiger partial charge in [-0.15, -0.1) is 0 Å². The zero-order valence-electron chi connectivity index (χ0n) is 30.7. The van der Waals surface area contributed by atoms with Gasteiger partial charge in [0.05, 0.1) is 41.2 Å². The lowest BCUT2D eigenvalue weighted by atomic mass is 9.49. The van der Waals surface area contributed by atoms with Gasteiger partial charge in [0.25, 0.3) is 0 Å². The molecule has 2 aliphatic heterocycles. The van der Waals surface area contributed by atoms with Crippen molar-refractivity contribution >= 4 is 52.4 Å². The van der Waals surface area contributed by atoms with Crippen LogP contribution in [0.4, 0.5) is 11.4 Å². The molecule has 0 bridgehead atoms. The van der Waals surface area contributed by atoms with Gasteiger partial charge in [-0.3, -0.25) is 28.9 Å². The van der Waals surface area contributed by atoms with Gasteiger partial charge in [-0.25, -0.2) is 4.90 Å². The minimum atomic E-state index is -1.47. The van der Waals surface area contributed by atoms with E-state index < -0.39 is 46.8 Å². The number of aliphatic hydroxyl groups excluding tert-OH is 1. The van der Waals surface area contributed by atoms with Crippen LogP contribution in [0, 0.1) is 23.7 Å². The van der Waals surface area contributed by atoms with Crippen molar-refractivity contribution in [2.45, 2.75) is 24.2 Å². The molecule has 284 valence electrons. The standard InChI is InChI=1S/C47H37ClN2O7/c48-31-14-9-15-33(26-31)50-44(54)38-27-37-34(41(35-16-7-8-17-39(35)57-25-24-51)47(38,46(50)56)30-12-5-2-6-13-30)22-23-36-40(37)45(55)49(43(36)53)32-20-18-29(19-21-32)42(52)28-10-3-1-4-11-28/h1-22,26,36-38,40-41,51H,23-25,27H2/t36-,37+,38-,40-,41+,47+/m0/s1. The molecular weight excluding hydrogens is 740 g/mol. The Balaban J connectivity index is 1.18. The lowest BCUT2D eigenvalue weighted by molar-refractivity contribution is -0.127. The molecule has 0 unspecified atom stereocenters. The van der Waals surface area contributed by atoms with Crippen molar-refractivity contribution in [2.75, 3.05) is 23.0 Å². The summed E-state index contributed by atoms with van der Waals surface area (Å²) in [5.41, 5.74) is 2.25. The van der Waals surface area contributed by atoms with Gasteiger partial charge in [0.1, 0.15) is 12.4 Å². The number of fused-ring (bicyclic) bond motifs is 4. The molecular formula is C47H37ClN2O7. The largest absolute Gasteiger partial charge is 0.491 e. The first kappa shape index (κ1) is 36.5. The van der Waals surface area contributed by atoms with Crippen LogP contribution in [0.2, 0.25) is 5.02 Å². The van der Waals surface area contributed by atoms with Crippen molar-refractivity contribution in [3.8, 4) is 5.75 Å². The van der Waals surface area contributed by atoms with Crippen LogP contribution in [-0.2, 0) is 24.6 Å². The SMILES string of the molecule is O=C(c1ccccc1)c1ccc(N2C(=O)[C@H]3[C@H](CC=C4[C@H]3C[C@H]3C(=O)N(c5cccc(Cl)c5)C(=O)[C@@]3(c3ccccc3)[C@H]4c3ccccc3OCCO)C2=O)cc1. The Labute approximate surface area is 334 Å². The van der Waals surface area contributed by atoms with Gasteiger partial charge in [0, 0.05) is 27.6 Å². The van der Waals surface area contributed by atoms with Gasteiger partial charge in [-0.2, -0.15) is 0 Å². The van der Waals surface area contributed by atoms with Crippen molar-refractivity contribution in [3.05, 3.63) is 172 Å². The highest BCUT2D eigenvalue weighted by molar-refractivity contribution is 6.32. The fraction of sp³-hybridized carbons (Fsp3) is 0.213. The number of nitrogens with zero attached hydrogens (tertiary/aromatic N) is 2. The molecule has 2 saturated heterocycles. The molecule has 2 heterocycles. The molecule has 9 rings (SSSR count). The number of para-hydroxylation sites is 1. The fourth-order valence-electron chi connectivity index (χ4n) is 9.87. The van der Waals surface area contributed by atoms with Gasteiger partial charge in [0.15, 0.2) is 5.78 Å². The number of rotatable bonds is 9. The molecule has 4 aliphatic rings.